The first-order valence-electron chi connectivity index (χ1n) is 7.99. The van der Waals surface area contributed by atoms with Crippen LogP contribution in [0.3, 0.4) is 0 Å². The van der Waals surface area contributed by atoms with E-state index in [9.17, 15) is 10.1 Å². The first kappa shape index (κ1) is 16.5. The maximum absolute atomic E-state index is 11.6. The average Bonchev–Trinajstić information content (AvgIpc) is 3.15. The van der Waals surface area contributed by atoms with Crippen LogP contribution in [0.4, 0.5) is 23.0 Å². The van der Waals surface area contributed by atoms with Gasteiger partial charge in [-0.2, -0.15) is 0 Å². The number of aromatic nitrogens is 3. The average molecular weight is 366 g/mol. The number of anilines is 3. The van der Waals surface area contributed by atoms with Crippen LogP contribution in [0, 0.1) is 10.1 Å². The van der Waals surface area contributed by atoms with E-state index >= 15 is 0 Å². The molecule has 0 fully saturated rings. The van der Waals surface area contributed by atoms with Crippen LogP contribution in [0.1, 0.15) is 5.56 Å². The summed E-state index contributed by atoms with van der Waals surface area (Å²) in [7, 11) is 0. The van der Waals surface area contributed by atoms with Crippen molar-refractivity contribution in [3.05, 3.63) is 64.7 Å². The number of rotatable bonds is 6. The van der Waals surface area contributed by atoms with E-state index in [1.807, 2.05) is 12.1 Å². The van der Waals surface area contributed by atoms with Gasteiger partial charge in [-0.15, -0.1) is 0 Å². The molecular weight excluding hydrogens is 352 g/mol. The largest absolute Gasteiger partial charge is 0.454 e. The molecule has 0 spiro atoms. The van der Waals surface area contributed by atoms with Crippen LogP contribution in [-0.4, -0.2) is 26.7 Å². The minimum Gasteiger partial charge on any atom is -0.454 e. The second-order valence-electron chi connectivity index (χ2n) is 5.58. The molecule has 136 valence electrons. The van der Waals surface area contributed by atoms with Crippen LogP contribution in [0.2, 0.25) is 0 Å². The predicted molar refractivity (Wildman–Crippen MR) is 96.1 cm³/mol. The Morgan fingerprint density at radius 1 is 1.15 bits per heavy atom. The Balaban J connectivity index is 1.57. The van der Waals surface area contributed by atoms with E-state index < -0.39 is 4.92 Å². The molecule has 2 N–H and O–H groups in total. The minimum atomic E-state index is -0.527. The zero-order valence-electron chi connectivity index (χ0n) is 14.0. The molecule has 1 aromatic carbocycles. The van der Waals surface area contributed by atoms with Gasteiger partial charge in [0.05, 0.1) is 16.8 Å². The lowest BCUT2D eigenvalue weighted by Gasteiger charge is -2.10. The van der Waals surface area contributed by atoms with Crippen molar-refractivity contribution in [2.75, 3.05) is 17.4 Å². The fraction of sp³-hybridized carbons (Fsp3) is 0.118. The highest BCUT2D eigenvalue weighted by Gasteiger charge is 2.23. The first-order valence-corrected chi connectivity index (χ1v) is 7.99. The van der Waals surface area contributed by atoms with Crippen LogP contribution in [0.25, 0.3) is 0 Å². The molecule has 0 atom stereocenters. The second-order valence-corrected chi connectivity index (χ2v) is 5.58. The number of nitrogens with zero attached hydrogens (tertiary/aromatic N) is 4. The van der Waals surface area contributed by atoms with Gasteiger partial charge in [0.1, 0.15) is 6.33 Å². The van der Waals surface area contributed by atoms with E-state index in [1.165, 1.54) is 6.33 Å². The van der Waals surface area contributed by atoms with Gasteiger partial charge in [-0.3, -0.25) is 15.1 Å². The Morgan fingerprint density at radius 3 is 2.81 bits per heavy atom. The maximum atomic E-state index is 11.6. The van der Waals surface area contributed by atoms with Crippen molar-refractivity contribution in [2.45, 2.75) is 6.54 Å². The molecule has 1 aliphatic heterocycles. The standard InChI is InChI=1S/C17H14N6O4/c24-23(25)15-16(19-7-11-3-4-13-14(6-11)27-10-26-13)20-9-21-17(15)22-12-2-1-5-18-8-12/h1-6,8-9H,7,10H2,(H2,19,20,21,22). The molecular formula is C17H14N6O4. The fourth-order valence-electron chi connectivity index (χ4n) is 2.58. The number of nitro groups is 1. The molecule has 0 saturated heterocycles. The Bertz CT molecular complexity index is 982. The van der Waals surface area contributed by atoms with Crippen LogP contribution in [-0.2, 0) is 6.54 Å². The number of hydrogen-bond acceptors (Lipinski definition) is 9. The lowest BCUT2D eigenvalue weighted by molar-refractivity contribution is -0.383. The van der Waals surface area contributed by atoms with Gasteiger partial charge in [0, 0.05) is 12.7 Å². The highest BCUT2D eigenvalue weighted by molar-refractivity contribution is 5.73. The molecule has 1 aliphatic rings. The summed E-state index contributed by atoms with van der Waals surface area (Å²) in [6, 6.07) is 8.91. The van der Waals surface area contributed by atoms with Crippen molar-refractivity contribution in [2.24, 2.45) is 0 Å². The van der Waals surface area contributed by atoms with E-state index in [4.69, 9.17) is 9.47 Å². The molecule has 3 aromatic rings. The molecule has 0 amide bonds. The third-order valence-corrected chi connectivity index (χ3v) is 3.83. The Labute approximate surface area is 153 Å². The zero-order chi connectivity index (χ0) is 18.6. The summed E-state index contributed by atoms with van der Waals surface area (Å²) in [5.41, 5.74) is 1.21. The molecule has 4 rings (SSSR count). The lowest BCUT2D eigenvalue weighted by Crippen LogP contribution is -2.08. The Morgan fingerprint density at radius 2 is 2.00 bits per heavy atom. The van der Waals surface area contributed by atoms with Crippen molar-refractivity contribution in [1.29, 1.82) is 0 Å². The molecule has 0 bridgehead atoms. The smallest absolute Gasteiger partial charge is 0.353 e. The van der Waals surface area contributed by atoms with E-state index in [1.54, 1.807) is 30.6 Å². The summed E-state index contributed by atoms with van der Waals surface area (Å²) in [5, 5.41) is 17.5. The van der Waals surface area contributed by atoms with Gasteiger partial charge in [-0.1, -0.05) is 6.07 Å². The summed E-state index contributed by atoms with van der Waals surface area (Å²) in [6.07, 6.45) is 4.41. The number of ether oxygens (including phenoxy) is 2. The van der Waals surface area contributed by atoms with Crippen molar-refractivity contribution in [1.82, 2.24) is 15.0 Å². The third kappa shape index (κ3) is 3.54. The van der Waals surface area contributed by atoms with E-state index in [0.29, 0.717) is 23.7 Å². The molecule has 0 aliphatic carbocycles. The number of benzene rings is 1. The topological polar surface area (TPSA) is 124 Å². The first-order chi connectivity index (χ1) is 13.2. The number of nitrogens with one attached hydrogen (secondary N) is 2. The predicted octanol–water partition coefficient (Wildman–Crippen LogP) is 2.86. The van der Waals surface area contributed by atoms with Crippen molar-refractivity contribution >= 4 is 23.0 Å². The van der Waals surface area contributed by atoms with Gasteiger partial charge >= 0.3 is 5.69 Å². The van der Waals surface area contributed by atoms with Gasteiger partial charge in [-0.05, 0) is 29.8 Å². The van der Waals surface area contributed by atoms with Crippen molar-refractivity contribution < 1.29 is 14.4 Å². The van der Waals surface area contributed by atoms with Gasteiger partial charge < -0.3 is 20.1 Å². The highest BCUT2D eigenvalue weighted by atomic mass is 16.7. The quantitative estimate of drug-likeness (QED) is 0.500. The summed E-state index contributed by atoms with van der Waals surface area (Å²) >= 11 is 0. The van der Waals surface area contributed by atoms with Crippen molar-refractivity contribution in [3.8, 4) is 11.5 Å². The SMILES string of the molecule is O=[N+]([O-])c1c(NCc2ccc3c(c2)OCO3)ncnc1Nc1cccnc1. The molecule has 3 heterocycles. The molecule has 27 heavy (non-hydrogen) atoms. The molecule has 0 saturated carbocycles. The van der Waals surface area contributed by atoms with E-state index in [0.717, 1.165) is 5.56 Å². The summed E-state index contributed by atoms with van der Waals surface area (Å²) in [4.78, 5) is 23.0. The monoisotopic (exact) mass is 366 g/mol. The van der Waals surface area contributed by atoms with Gasteiger partial charge in [-0.25, -0.2) is 9.97 Å². The molecule has 2 aromatic heterocycles. The van der Waals surface area contributed by atoms with E-state index in [-0.39, 0.29) is 24.1 Å². The fourth-order valence-corrected chi connectivity index (χ4v) is 2.58. The number of pyridine rings is 1. The minimum absolute atomic E-state index is 0.0798. The molecule has 0 unspecified atom stereocenters. The molecule has 0 radical (unpaired) electrons. The second kappa shape index (κ2) is 7.12. The molecule has 10 nitrogen and oxygen atoms in total. The summed E-state index contributed by atoms with van der Waals surface area (Å²) in [5.74, 6) is 1.51. The number of fused-ring (bicyclic) bond motifs is 1. The van der Waals surface area contributed by atoms with Crippen LogP contribution < -0.4 is 20.1 Å². The van der Waals surface area contributed by atoms with Crippen LogP contribution in [0.5, 0.6) is 11.5 Å². The lowest BCUT2D eigenvalue weighted by atomic mass is 10.2. The Hall–Kier alpha value is -3.95. The normalized spacial score (nSPS) is 11.9. The Kier molecular flexibility index (Phi) is 4.35. The summed E-state index contributed by atoms with van der Waals surface area (Å²) < 4.78 is 10.6. The van der Waals surface area contributed by atoms with Gasteiger partial charge in [0.25, 0.3) is 0 Å². The highest BCUT2D eigenvalue weighted by Crippen LogP contribution is 2.34. The number of hydrogen-bond donors (Lipinski definition) is 2. The summed E-state index contributed by atoms with van der Waals surface area (Å²) in [6.45, 7) is 0.508. The van der Waals surface area contributed by atoms with Crippen LogP contribution >= 0.6 is 0 Å². The van der Waals surface area contributed by atoms with E-state index in [2.05, 4.69) is 25.6 Å². The van der Waals surface area contributed by atoms with Gasteiger partial charge in [0.2, 0.25) is 18.4 Å². The molecule has 10 heteroatoms. The zero-order valence-corrected chi connectivity index (χ0v) is 14.0. The van der Waals surface area contributed by atoms with Crippen LogP contribution in [0.15, 0.2) is 49.1 Å². The maximum Gasteiger partial charge on any atom is 0.353 e. The third-order valence-electron chi connectivity index (χ3n) is 3.83. The van der Waals surface area contributed by atoms with Crippen molar-refractivity contribution in [3.63, 3.8) is 0 Å². The van der Waals surface area contributed by atoms with Gasteiger partial charge in [0.15, 0.2) is 11.5 Å².